The molecule has 4 rings (SSSR count). The van der Waals surface area contributed by atoms with Crippen molar-refractivity contribution in [2.75, 3.05) is 0 Å². The molecule has 132 valence electrons. The van der Waals surface area contributed by atoms with Gasteiger partial charge in [-0.15, -0.1) is 0 Å². The van der Waals surface area contributed by atoms with E-state index in [9.17, 15) is 13.6 Å². The summed E-state index contributed by atoms with van der Waals surface area (Å²) in [5, 5.41) is 7.02. The Bertz CT molecular complexity index is 795. The summed E-state index contributed by atoms with van der Waals surface area (Å²) in [6, 6.07) is 3.13. The zero-order chi connectivity index (χ0) is 17.4. The van der Waals surface area contributed by atoms with Crippen molar-refractivity contribution in [2.45, 2.75) is 56.4 Å². The molecule has 2 aromatic rings. The highest BCUT2D eigenvalue weighted by molar-refractivity contribution is 5.94. The number of hydrogen-bond donors (Lipinski definition) is 1. The minimum Gasteiger partial charge on any atom is -0.338 e. The molecular weight excluding hydrogens is 328 g/mol. The molecule has 0 saturated heterocycles. The molecule has 0 radical (unpaired) electrons. The number of carbonyl (C=O) groups is 1. The Morgan fingerprint density at radius 3 is 2.60 bits per heavy atom. The molecule has 25 heavy (non-hydrogen) atoms. The maximum atomic E-state index is 13.4. The van der Waals surface area contributed by atoms with Gasteiger partial charge in [-0.1, -0.05) is 24.4 Å². The number of rotatable bonds is 4. The van der Waals surface area contributed by atoms with Crippen molar-refractivity contribution >= 4 is 5.91 Å². The molecule has 1 aromatic carbocycles. The van der Waals surface area contributed by atoms with E-state index in [1.807, 2.05) is 0 Å². The van der Waals surface area contributed by atoms with Crippen molar-refractivity contribution in [3.8, 4) is 0 Å². The fourth-order valence-electron chi connectivity index (χ4n) is 3.41. The van der Waals surface area contributed by atoms with E-state index < -0.39 is 23.1 Å². The molecule has 0 unspecified atom stereocenters. The molecule has 2 aliphatic carbocycles. The summed E-state index contributed by atoms with van der Waals surface area (Å²) in [6.07, 6.45) is 6.44. The van der Waals surface area contributed by atoms with E-state index in [1.54, 1.807) is 0 Å². The van der Waals surface area contributed by atoms with Crippen LogP contribution in [0.3, 0.4) is 0 Å². The average Bonchev–Trinajstić information content (AvgIpc) is 3.34. The first-order valence-electron chi connectivity index (χ1n) is 8.69. The highest BCUT2D eigenvalue weighted by atomic mass is 19.2. The summed E-state index contributed by atoms with van der Waals surface area (Å²) in [7, 11) is 0. The van der Waals surface area contributed by atoms with Gasteiger partial charge in [-0.2, -0.15) is 4.98 Å². The largest absolute Gasteiger partial charge is 0.338 e. The number of halogens is 2. The van der Waals surface area contributed by atoms with Crippen LogP contribution in [-0.4, -0.2) is 16.0 Å². The van der Waals surface area contributed by atoms with Crippen LogP contribution in [0, 0.1) is 11.6 Å². The lowest BCUT2D eigenvalue weighted by atomic mass is 9.81. The van der Waals surface area contributed by atoms with E-state index in [0.717, 1.165) is 44.2 Å². The van der Waals surface area contributed by atoms with Crippen LogP contribution in [0.1, 0.15) is 72.9 Å². The fraction of sp³-hybridized carbons (Fsp3) is 0.500. The quantitative estimate of drug-likeness (QED) is 0.913. The Kier molecular flexibility index (Phi) is 4.01. The molecule has 2 fully saturated rings. The van der Waals surface area contributed by atoms with Crippen LogP contribution in [0.4, 0.5) is 8.78 Å². The van der Waals surface area contributed by atoms with Gasteiger partial charge in [-0.05, 0) is 43.9 Å². The third-order valence-electron chi connectivity index (χ3n) is 5.04. The number of aromatic nitrogens is 2. The highest BCUT2D eigenvalue weighted by Gasteiger charge is 2.42. The van der Waals surface area contributed by atoms with Gasteiger partial charge in [0.1, 0.15) is 5.54 Å². The van der Waals surface area contributed by atoms with Crippen LogP contribution in [0.5, 0.6) is 0 Å². The van der Waals surface area contributed by atoms with Crippen LogP contribution >= 0.6 is 0 Å². The number of hydrogen-bond acceptors (Lipinski definition) is 4. The maximum Gasteiger partial charge on any atom is 0.252 e. The van der Waals surface area contributed by atoms with Crippen molar-refractivity contribution in [3.05, 3.63) is 47.1 Å². The normalized spacial score (nSPS) is 19.6. The summed E-state index contributed by atoms with van der Waals surface area (Å²) < 4.78 is 32.0. The second kappa shape index (κ2) is 6.20. The van der Waals surface area contributed by atoms with Gasteiger partial charge in [-0.3, -0.25) is 4.79 Å². The molecule has 0 aliphatic heterocycles. The predicted molar refractivity (Wildman–Crippen MR) is 84.9 cm³/mol. The van der Waals surface area contributed by atoms with Crippen LogP contribution in [0.25, 0.3) is 0 Å². The Balaban J connectivity index is 1.61. The van der Waals surface area contributed by atoms with Crippen molar-refractivity contribution in [1.82, 2.24) is 15.5 Å². The fourth-order valence-corrected chi connectivity index (χ4v) is 3.41. The average molecular weight is 347 g/mol. The minimum atomic E-state index is -1.04. The van der Waals surface area contributed by atoms with Gasteiger partial charge in [0.25, 0.3) is 11.8 Å². The standard InChI is InChI=1S/C18H19F2N3O2/c19-13-7-6-12(10-14(13)20)16(24)22-18(8-2-1-3-9-18)17-21-15(23-25-17)11-4-5-11/h6-7,10-11H,1-5,8-9H2,(H,22,24). The first kappa shape index (κ1) is 16.2. The topological polar surface area (TPSA) is 68.0 Å². The van der Waals surface area contributed by atoms with Crippen molar-refractivity contribution in [1.29, 1.82) is 0 Å². The third kappa shape index (κ3) is 3.15. The van der Waals surface area contributed by atoms with Gasteiger partial charge in [0, 0.05) is 11.5 Å². The molecule has 0 bridgehead atoms. The summed E-state index contributed by atoms with van der Waals surface area (Å²) in [5.74, 6) is -1.01. The number of nitrogens with zero attached hydrogens (tertiary/aromatic N) is 2. The SMILES string of the molecule is O=C(NC1(c2nc(C3CC3)no2)CCCCC1)c1ccc(F)c(F)c1. The maximum absolute atomic E-state index is 13.4. The van der Waals surface area contributed by atoms with Gasteiger partial charge >= 0.3 is 0 Å². The van der Waals surface area contributed by atoms with Crippen molar-refractivity contribution in [3.63, 3.8) is 0 Å². The van der Waals surface area contributed by atoms with Crippen molar-refractivity contribution in [2.24, 2.45) is 0 Å². The summed E-state index contributed by atoms with van der Waals surface area (Å²) in [4.78, 5) is 17.1. The lowest BCUT2D eigenvalue weighted by molar-refractivity contribution is 0.0824. The zero-order valence-electron chi connectivity index (χ0n) is 13.7. The second-order valence-electron chi connectivity index (χ2n) is 6.96. The predicted octanol–water partition coefficient (Wildman–Crippen LogP) is 3.81. The Hall–Kier alpha value is -2.31. The van der Waals surface area contributed by atoms with Crippen LogP contribution in [-0.2, 0) is 5.54 Å². The van der Waals surface area contributed by atoms with E-state index in [4.69, 9.17) is 4.52 Å². The first-order valence-corrected chi connectivity index (χ1v) is 8.69. The number of amides is 1. The van der Waals surface area contributed by atoms with E-state index >= 15 is 0 Å². The summed E-state index contributed by atoms with van der Waals surface area (Å²) in [6.45, 7) is 0. The Morgan fingerprint density at radius 2 is 1.92 bits per heavy atom. The van der Waals surface area contributed by atoms with E-state index in [1.165, 1.54) is 6.07 Å². The number of carbonyl (C=O) groups excluding carboxylic acids is 1. The lowest BCUT2D eigenvalue weighted by Gasteiger charge is -2.34. The van der Waals surface area contributed by atoms with Gasteiger partial charge < -0.3 is 9.84 Å². The molecule has 0 atom stereocenters. The number of benzene rings is 1. The smallest absolute Gasteiger partial charge is 0.252 e. The molecule has 1 aromatic heterocycles. The zero-order valence-corrected chi connectivity index (χ0v) is 13.7. The Morgan fingerprint density at radius 1 is 1.16 bits per heavy atom. The monoisotopic (exact) mass is 347 g/mol. The summed E-state index contributed by atoms with van der Waals surface area (Å²) >= 11 is 0. The van der Waals surface area contributed by atoms with E-state index in [-0.39, 0.29) is 5.56 Å². The molecule has 1 heterocycles. The van der Waals surface area contributed by atoms with Gasteiger partial charge in [0.2, 0.25) is 0 Å². The molecular formula is C18H19F2N3O2. The Labute approximate surface area is 143 Å². The molecule has 2 saturated carbocycles. The van der Waals surface area contributed by atoms with Crippen LogP contribution in [0.15, 0.2) is 22.7 Å². The third-order valence-corrected chi connectivity index (χ3v) is 5.04. The van der Waals surface area contributed by atoms with Crippen LogP contribution in [0.2, 0.25) is 0 Å². The highest BCUT2D eigenvalue weighted by Crippen LogP contribution is 2.41. The van der Waals surface area contributed by atoms with Crippen molar-refractivity contribution < 1.29 is 18.1 Å². The second-order valence-corrected chi connectivity index (χ2v) is 6.96. The molecule has 0 spiro atoms. The molecule has 1 amide bonds. The van der Waals surface area contributed by atoms with Crippen LogP contribution < -0.4 is 5.32 Å². The molecule has 5 nitrogen and oxygen atoms in total. The van der Waals surface area contributed by atoms with E-state index in [2.05, 4.69) is 15.5 Å². The first-order chi connectivity index (χ1) is 12.1. The molecule has 7 heteroatoms. The number of nitrogens with one attached hydrogen (secondary N) is 1. The van der Waals surface area contributed by atoms with E-state index in [0.29, 0.717) is 30.5 Å². The summed E-state index contributed by atoms with van der Waals surface area (Å²) in [5.41, 5.74) is -0.661. The minimum absolute atomic E-state index is 0.0748. The lowest BCUT2D eigenvalue weighted by Crippen LogP contribution is -2.47. The molecule has 1 N–H and O–H groups in total. The van der Waals surface area contributed by atoms with Gasteiger partial charge in [0.05, 0.1) is 0 Å². The molecule has 2 aliphatic rings. The van der Waals surface area contributed by atoms with Gasteiger partial charge in [-0.25, -0.2) is 8.78 Å². The van der Waals surface area contributed by atoms with Gasteiger partial charge in [0.15, 0.2) is 17.5 Å².